The number of amides is 2. The van der Waals surface area contributed by atoms with Crippen LogP contribution in [0, 0.1) is 5.82 Å². The van der Waals surface area contributed by atoms with Crippen LogP contribution >= 0.6 is 15.9 Å². The highest BCUT2D eigenvalue weighted by atomic mass is 79.9. The second-order valence-electron chi connectivity index (χ2n) is 4.88. The normalized spacial score (nSPS) is 10.5. The van der Waals surface area contributed by atoms with E-state index in [4.69, 9.17) is 4.74 Å². The van der Waals surface area contributed by atoms with Gasteiger partial charge < -0.3 is 10.1 Å². The van der Waals surface area contributed by atoms with Crippen LogP contribution in [-0.2, 0) is 16.2 Å². The summed E-state index contributed by atoms with van der Waals surface area (Å²) in [7, 11) is 1.35. The SMILES string of the molecule is CNC(=O)C(=O)N/N=C\c1cc(Br)ccc1OCc1cccc(F)c1. The largest absolute Gasteiger partial charge is 0.488 e. The lowest BCUT2D eigenvalue weighted by Crippen LogP contribution is -2.35. The Morgan fingerprint density at radius 3 is 2.76 bits per heavy atom. The number of carbonyl (C=O) groups is 2. The predicted molar refractivity (Wildman–Crippen MR) is 94.7 cm³/mol. The average Bonchev–Trinajstić information content (AvgIpc) is 2.60. The van der Waals surface area contributed by atoms with Crippen molar-refractivity contribution in [3.63, 3.8) is 0 Å². The van der Waals surface area contributed by atoms with E-state index in [0.29, 0.717) is 16.9 Å². The van der Waals surface area contributed by atoms with Gasteiger partial charge in [-0.05, 0) is 35.9 Å². The van der Waals surface area contributed by atoms with E-state index in [1.54, 1.807) is 30.3 Å². The molecule has 130 valence electrons. The monoisotopic (exact) mass is 407 g/mol. The number of hydrazone groups is 1. The van der Waals surface area contributed by atoms with Gasteiger partial charge in [-0.2, -0.15) is 5.10 Å². The van der Waals surface area contributed by atoms with Gasteiger partial charge in [-0.15, -0.1) is 0 Å². The molecule has 2 N–H and O–H groups in total. The Kier molecular flexibility index (Phi) is 6.64. The topological polar surface area (TPSA) is 79.8 Å². The molecule has 0 fully saturated rings. The maximum atomic E-state index is 13.2. The second kappa shape index (κ2) is 8.93. The lowest BCUT2D eigenvalue weighted by atomic mass is 10.2. The van der Waals surface area contributed by atoms with Gasteiger partial charge in [-0.3, -0.25) is 9.59 Å². The number of ether oxygens (including phenoxy) is 1. The molecule has 25 heavy (non-hydrogen) atoms. The van der Waals surface area contributed by atoms with Crippen LogP contribution in [-0.4, -0.2) is 25.1 Å². The van der Waals surface area contributed by atoms with E-state index >= 15 is 0 Å². The molecule has 0 bridgehead atoms. The van der Waals surface area contributed by atoms with E-state index in [9.17, 15) is 14.0 Å². The molecular weight excluding hydrogens is 393 g/mol. The molecule has 6 nitrogen and oxygen atoms in total. The highest BCUT2D eigenvalue weighted by Crippen LogP contribution is 2.23. The summed E-state index contributed by atoms with van der Waals surface area (Å²) in [6, 6.07) is 11.3. The summed E-state index contributed by atoms with van der Waals surface area (Å²) < 4.78 is 19.7. The highest BCUT2D eigenvalue weighted by Gasteiger charge is 2.09. The minimum absolute atomic E-state index is 0.171. The Balaban J connectivity index is 2.08. The van der Waals surface area contributed by atoms with E-state index in [0.717, 1.165) is 4.47 Å². The molecule has 0 saturated carbocycles. The molecule has 0 spiro atoms. The van der Waals surface area contributed by atoms with Crippen LogP contribution in [0.3, 0.4) is 0 Å². The summed E-state index contributed by atoms with van der Waals surface area (Å²) in [6.45, 7) is 0.171. The van der Waals surface area contributed by atoms with Gasteiger partial charge in [0.05, 0.1) is 6.21 Å². The number of benzene rings is 2. The first-order valence-electron chi connectivity index (χ1n) is 7.21. The summed E-state index contributed by atoms with van der Waals surface area (Å²) in [5.74, 6) is -1.52. The first kappa shape index (κ1) is 18.6. The maximum absolute atomic E-state index is 13.2. The van der Waals surface area contributed by atoms with Crippen LogP contribution in [0.2, 0.25) is 0 Å². The van der Waals surface area contributed by atoms with Crippen molar-refractivity contribution in [2.24, 2.45) is 5.10 Å². The lowest BCUT2D eigenvalue weighted by molar-refractivity contribution is -0.138. The number of rotatable bonds is 5. The van der Waals surface area contributed by atoms with Crippen molar-refractivity contribution in [2.45, 2.75) is 6.61 Å². The molecular formula is C17H15BrFN3O3. The van der Waals surface area contributed by atoms with E-state index in [2.05, 4.69) is 31.8 Å². The van der Waals surface area contributed by atoms with Crippen molar-refractivity contribution >= 4 is 34.0 Å². The number of nitrogens with one attached hydrogen (secondary N) is 2. The molecule has 2 amide bonds. The third kappa shape index (κ3) is 5.68. The highest BCUT2D eigenvalue weighted by molar-refractivity contribution is 9.10. The van der Waals surface area contributed by atoms with Gasteiger partial charge in [0.15, 0.2) is 0 Å². The van der Waals surface area contributed by atoms with Gasteiger partial charge in [-0.1, -0.05) is 28.1 Å². The molecule has 0 saturated heterocycles. The lowest BCUT2D eigenvalue weighted by Gasteiger charge is -2.10. The molecule has 8 heteroatoms. The number of hydrogen-bond donors (Lipinski definition) is 2. The zero-order valence-corrected chi connectivity index (χ0v) is 14.8. The summed E-state index contributed by atoms with van der Waals surface area (Å²) in [5, 5.41) is 5.92. The minimum Gasteiger partial charge on any atom is -0.488 e. The first-order chi connectivity index (χ1) is 12.0. The smallest absolute Gasteiger partial charge is 0.329 e. The third-order valence-corrected chi connectivity index (χ3v) is 3.55. The van der Waals surface area contributed by atoms with Crippen LogP contribution in [0.5, 0.6) is 5.75 Å². The van der Waals surface area contributed by atoms with Crippen molar-refractivity contribution in [1.29, 1.82) is 0 Å². The first-order valence-corrected chi connectivity index (χ1v) is 8.01. The molecule has 2 rings (SSSR count). The van der Waals surface area contributed by atoms with Crippen LogP contribution in [0.25, 0.3) is 0 Å². The third-order valence-electron chi connectivity index (χ3n) is 3.06. The fraction of sp³-hybridized carbons (Fsp3) is 0.118. The van der Waals surface area contributed by atoms with Gasteiger partial charge in [-0.25, -0.2) is 9.82 Å². The van der Waals surface area contributed by atoms with Crippen LogP contribution in [0.4, 0.5) is 4.39 Å². The number of hydrogen-bond acceptors (Lipinski definition) is 4. The number of halogens is 2. The molecule has 0 unspecified atom stereocenters. The van der Waals surface area contributed by atoms with Gasteiger partial charge in [0, 0.05) is 17.1 Å². The van der Waals surface area contributed by atoms with Gasteiger partial charge >= 0.3 is 11.8 Å². The van der Waals surface area contributed by atoms with Crippen LogP contribution in [0.1, 0.15) is 11.1 Å². The van der Waals surface area contributed by atoms with Crippen molar-refractivity contribution in [3.05, 3.63) is 63.9 Å². The van der Waals surface area contributed by atoms with E-state index in [1.807, 2.05) is 0 Å². The number of likely N-dealkylation sites (N-methyl/N-ethyl adjacent to an activating group) is 1. The van der Waals surface area contributed by atoms with E-state index < -0.39 is 11.8 Å². The van der Waals surface area contributed by atoms with E-state index in [1.165, 1.54) is 25.4 Å². The summed E-state index contributed by atoms with van der Waals surface area (Å²) in [6.07, 6.45) is 1.35. The second-order valence-corrected chi connectivity index (χ2v) is 5.79. The quantitative estimate of drug-likeness (QED) is 0.453. The standard InChI is InChI=1S/C17H15BrFN3O3/c1-20-16(23)17(24)22-21-9-12-8-13(18)5-6-15(12)25-10-11-3-2-4-14(19)7-11/h2-9H,10H2,1H3,(H,20,23)(H,22,24)/b21-9-. The predicted octanol–water partition coefficient (Wildman–Crippen LogP) is 2.36. The van der Waals surface area contributed by atoms with Crippen molar-refractivity contribution < 1.29 is 18.7 Å². The maximum Gasteiger partial charge on any atom is 0.329 e. The summed E-state index contributed by atoms with van der Waals surface area (Å²) >= 11 is 3.34. The fourth-order valence-corrected chi connectivity index (χ4v) is 2.24. The Labute approximate surface area is 152 Å². The Bertz CT molecular complexity index is 811. The van der Waals surface area contributed by atoms with Crippen molar-refractivity contribution in [2.75, 3.05) is 7.05 Å². The molecule has 0 aromatic heterocycles. The Hall–Kier alpha value is -2.74. The molecule has 0 aliphatic heterocycles. The van der Waals surface area contributed by atoms with Crippen LogP contribution < -0.4 is 15.5 Å². The minimum atomic E-state index is -0.879. The molecule has 0 aliphatic rings. The molecule has 0 atom stereocenters. The Morgan fingerprint density at radius 1 is 1.24 bits per heavy atom. The molecule has 0 heterocycles. The summed E-state index contributed by atoms with van der Waals surface area (Å²) in [4.78, 5) is 22.4. The zero-order chi connectivity index (χ0) is 18.2. The van der Waals surface area contributed by atoms with Gasteiger partial charge in [0.2, 0.25) is 0 Å². The van der Waals surface area contributed by atoms with Gasteiger partial charge in [0.1, 0.15) is 18.2 Å². The van der Waals surface area contributed by atoms with Crippen molar-refractivity contribution in [1.82, 2.24) is 10.7 Å². The summed E-state index contributed by atoms with van der Waals surface area (Å²) in [5.41, 5.74) is 3.36. The Morgan fingerprint density at radius 2 is 2.04 bits per heavy atom. The number of nitrogens with zero attached hydrogens (tertiary/aromatic N) is 1. The average molecular weight is 408 g/mol. The zero-order valence-electron chi connectivity index (χ0n) is 13.3. The molecule has 0 radical (unpaired) electrons. The van der Waals surface area contributed by atoms with E-state index in [-0.39, 0.29) is 12.4 Å². The number of carbonyl (C=O) groups excluding carboxylic acids is 2. The van der Waals surface area contributed by atoms with Crippen LogP contribution in [0.15, 0.2) is 52.0 Å². The van der Waals surface area contributed by atoms with Crippen molar-refractivity contribution in [3.8, 4) is 5.75 Å². The molecule has 2 aromatic rings. The fourth-order valence-electron chi connectivity index (χ4n) is 1.86. The van der Waals surface area contributed by atoms with Gasteiger partial charge in [0.25, 0.3) is 0 Å². The molecule has 2 aromatic carbocycles. The molecule has 0 aliphatic carbocycles.